The minimum Gasteiger partial charge on any atom is -0.489 e. The quantitative estimate of drug-likeness (QED) is 0.310. The number of cyclic esters (lactones) is 1. The summed E-state index contributed by atoms with van der Waals surface area (Å²) in [5.74, 6) is -1.51. The van der Waals surface area contributed by atoms with Gasteiger partial charge in [-0.1, -0.05) is 30.3 Å². The van der Waals surface area contributed by atoms with Crippen LogP contribution in [0.25, 0.3) is 0 Å². The molecule has 184 valence electrons. The van der Waals surface area contributed by atoms with Crippen molar-refractivity contribution in [3.05, 3.63) is 90.0 Å². The zero-order chi connectivity index (χ0) is 25.7. The lowest BCUT2D eigenvalue weighted by Gasteiger charge is -2.22. The van der Waals surface area contributed by atoms with Crippen LogP contribution in [0, 0.1) is 5.41 Å². The maximum atomic E-state index is 13.3. The maximum absolute atomic E-state index is 13.3. The van der Waals surface area contributed by atoms with E-state index in [0.29, 0.717) is 16.9 Å². The molecular weight excluding hydrogens is 464 g/mol. The van der Waals surface area contributed by atoms with Crippen LogP contribution in [0.1, 0.15) is 15.9 Å². The molecule has 36 heavy (non-hydrogen) atoms. The van der Waals surface area contributed by atoms with Crippen molar-refractivity contribution in [1.82, 2.24) is 0 Å². The Morgan fingerprint density at radius 3 is 2.39 bits per heavy atom. The van der Waals surface area contributed by atoms with Crippen molar-refractivity contribution in [2.24, 2.45) is 5.73 Å². The van der Waals surface area contributed by atoms with Gasteiger partial charge in [0.25, 0.3) is 5.91 Å². The van der Waals surface area contributed by atoms with E-state index in [2.05, 4.69) is 0 Å². The summed E-state index contributed by atoms with van der Waals surface area (Å²) < 4.78 is 11.3. The molecule has 1 fully saturated rings. The molecule has 1 saturated heterocycles. The molecule has 0 radical (unpaired) electrons. The molecular formula is C26H24N4O6. The van der Waals surface area contributed by atoms with Crippen molar-refractivity contribution < 1.29 is 29.0 Å². The predicted molar refractivity (Wildman–Crippen MR) is 133 cm³/mol. The first-order valence-corrected chi connectivity index (χ1v) is 11.1. The average molecular weight is 489 g/mol. The van der Waals surface area contributed by atoms with Crippen LogP contribution in [0.15, 0.2) is 78.9 Å². The van der Waals surface area contributed by atoms with E-state index in [1.165, 1.54) is 4.90 Å². The zero-order valence-corrected chi connectivity index (χ0v) is 19.2. The molecule has 0 saturated carbocycles. The van der Waals surface area contributed by atoms with Crippen molar-refractivity contribution in [1.29, 1.82) is 5.41 Å². The number of rotatable bonds is 9. The fourth-order valence-electron chi connectivity index (χ4n) is 3.76. The number of amides is 2. The van der Waals surface area contributed by atoms with Crippen LogP contribution in [0.2, 0.25) is 0 Å². The van der Waals surface area contributed by atoms with Crippen LogP contribution in [-0.2, 0) is 9.53 Å². The first-order valence-electron chi connectivity index (χ1n) is 11.1. The van der Waals surface area contributed by atoms with Gasteiger partial charge in [-0.3, -0.25) is 24.8 Å². The second-order valence-electron chi connectivity index (χ2n) is 8.00. The standard InChI is InChI=1S/C26H24N4O6/c27-24(28)17-10-12-19(13-11-17)30-14-20(36-26(30)34)16-35-22-9-5-4-8-21(22)25(33)29(15-23(31)32)18-6-2-1-3-7-18/h1-13,20H,14-16H2,(H3,27,28)(H,31,32). The van der Waals surface area contributed by atoms with Gasteiger partial charge in [-0.05, 0) is 48.5 Å². The van der Waals surface area contributed by atoms with Gasteiger partial charge in [0.2, 0.25) is 0 Å². The molecule has 4 rings (SSSR count). The van der Waals surface area contributed by atoms with Gasteiger partial charge in [-0.15, -0.1) is 0 Å². The summed E-state index contributed by atoms with van der Waals surface area (Å²) in [5, 5.41) is 16.8. The van der Waals surface area contributed by atoms with Gasteiger partial charge < -0.3 is 20.3 Å². The van der Waals surface area contributed by atoms with Gasteiger partial charge in [0.1, 0.15) is 24.7 Å². The minimum atomic E-state index is -1.15. The van der Waals surface area contributed by atoms with Gasteiger partial charge in [-0.25, -0.2) is 4.79 Å². The molecule has 10 nitrogen and oxygen atoms in total. The summed E-state index contributed by atoms with van der Waals surface area (Å²) in [6.45, 7) is -0.305. The number of hydrogen-bond acceptors (Lipinski definition) is 6. The van der Waals surface area contributed by atoms with E-state index in [0.717, 1.165) is 4.90 Å². The molecule has 0 aliphatic carbocycles. The molecule has 1 heterocycles. The highest BCUT2D eigenvalue weighted by Gasteiger charge is 2.33. The summed E-state index contributed by atoms with van der Waals surface area (Å²) in [5.41, 5.74) is 7.23. The smallest absolute Gasteiger partial charge is 0.414 e. The molecule has 4 N–H and O–H groups in total. The number of carboxylic acids is 1. The summed E-state index contributed by atoms with van der Waals surface area (Å²) in [6.07, 6.45) is -1.14. The fourth-order valence-corrected chi connectivity index (χ4v) is 3.76. The normalized spacial score (nSPS) is 14.7. The van der Waals surface area contributed by atoms with Gasteiger partial charge in [-0.2, -0.15) is 0 Å². The molecule has 1 unspecified atom stereocenters. The number of aliphatic carboxylic acids is 1. The number of nitrogen functional groups attached to an aromatic ring is 1. The highest BCUT2D eigenvalue weighted by atomic mass is 16.6. The first kappa shape index (κ1) is 24.3. The SMILES string of the molecule is N=C(N)c1ccc(N2CC(COc3ccccc3C(=O)N(CC(=O)O)c3ccccc3)OC2=O)cc1. The maximum Gasteiger partial charge on any atom is 0.414 e. The number of nitrogens with zero attached hydrogens (tertiary/aromatic N) is 2. The van der Waals surface area contributed by atoms with E-state index in [1.54, 1.807) is 78.9 Å². The van der Waals surface area contributed by atoms with E-state index < -0.39 is 30.6 Å². The van der Waals surface area contributed by atoms with E-state index in [1.807, 2.05) is 0 Å². The number of hydrogen-bond donors (Lipinski definition) is 3. The van der Waals surface area contributed by atoms with Crippen LogP contribution < -0.4 is 20.3 Å². The Kier molecular flexibility index (Phi) is 7.15. The number of ether oxygens (including phenoxy) is 2. The number of nitrogens with two attached hydrogens (primary N) is 1. The fraction of sp³-hybridized carbons (Fsp3) is 0.154. The molecule has 3 aromatic carbocycles. The topological polar surface area (TPSA) is 146 Å². The van der Waals surface area contributed by atoms with Gasteiger partial charge in [0, 0.05) is 16.9 Å². The molecule has 0 aromatic heterocycles. The molecule has 1 aliphatic heterocycles. The molecule has 2 amide bonds. The van der Waals surface area contributed by atoms with Crippen LogP contribution in [0.5, 0.6) is 5.75 Å². The van der Waals surface area contributed by atoms with Crippen molar-refractivity contribution in [2.75, 3.05) is 29.5 Å². The number of nitrogens with one attached hydrogen (secondary N) is 1. The Bertz CT molecular complexity index is 1280. The highest BCUT2D eigenvalue weighted by Crippen LogP contribution is 2.26. The van der Waals surface area contributed by atoms with Gasteiger partial charge >= 0.3 is 12.1 Å². The summed E-state index contributed by atoms with van der Waals surface area (Å²) in [6, 6.07) is 21.7. The van der Waals surface area contributed by atoms with E-state index >= 15 is 0 Å². The largest absolute Gasteiger partial charge is 0.489 e. The van der Waals surface area contributed by atoms with Gasteiger partial charge in [0.15, 0.2) is 6.10 Å². The lowest BCUT2D eigenvalue weighted by Crippen LogP contribution is -2.36. The number of carbonyl (C=O) groups excluding carboxylic acids is 2. The number of amidine groups is 1. The molecule has 0 spiro atoms. The Balaban J connectivity index is 1.47. The number of benzene rings is 3. The number of para-hydroxylation sites is 2. The molecule has 3 aromatic rings. The molecule has 0 bridgehead atoms. The highest BCUT2D eigenvalue weighted by molar-refractivity contribution is 6.09. The molecule has 1 aliphatic rings. The van der Waals surface area contributed by atoms with Crippen LogP contribution in [-0.4, -0.2) is 54.7 Å². The molecule has 1 atom stereocenters. The number of carbonyl (C=O) groups is 3. The van der Waals surface area contributed by atoms with Crippen LogP contribution in [0.3, 0.4) is 0 Å². The third-order valence-corrected chi connectivity index (χ3v) is 5.51. The van der Waals surface area contributed by atoms with Crippen LogP contribution >= 0.6 is 0 Å². The lowest BCUT2D eigenvalue weighted by atomic mass is 10.1. The Morgan fingerprint density at radius 2 is 1.72 bits per heavy atom. The van der Waals surface area contributed by atoms with Crippen molar-refractivity contribution in [3.8, 4) is 5.75 Å². The predicted octanol–water partition coefficient (Wildman–Crippen LogP) is 3.11. The number of carboxylic acid groups (broad SMARTS) is 1. The number of anilines is 2. The summed E-state index contributed by atoms with van der Waals surface area (Å²) in [7, 11) is 0. The van der Waals surface area contributed by atoms with E-state index in [-0.39, 0.29) is 30.3 Å². The Hall–Kier alpha value is -4.86. The van der Waals surface area contributed by atoms with Crippen molar-refractivity contribution >= 4 is 35.2 Å². The van der Waals surface area contributed by atoms with E-state index in [9.17, 15) is 19.5 Å². The van der Waals surface area contributed by atoms with Crippen LogP contribution in [0.4, 0.5) is 16.2 Å². The monoisotopic (exact) mass is 488 g/mol. The summed E-state index contributed by atoms with van der Waals surface area (Å²) in [4.78, 5) is 39.8. The third-order valence-electron chi connectivity index (χ3n) is 5.51. The Morgan fingerprint density at radius 1 is 1.06 bits per heavy atom. The summed E-state index contributed by atoms with van der Waals surface area (Å²) >= 11 is 0. The lowest BCUT2D eigenvalue weighted by molar-refractivity contribution is -0.135. The van der Waals surface area contributed by atoms with E-state index in [4.69, 9.17) is 20.6 Å². The first-order chi connectivity index (χ1) is 17.3. The van der Waals surface area contributed by atoms with Gasteiger partial charge in [0.05, 0.1) is 12.1 Å². The second kappa shape index (κ2) is 10.6. The zero-order valence-electron chi connectivity index (χ0n) is 19.2. The Labute approximate surface area is 207 Å². The third kappa shape index (κ3) is 5.44. The second-order valence-corrected chi connectivity index (χ2v) is 8.00. The van der Waals surface area contributed by atoms with Crippen molar-refractivity contribution in [3.63, 3.8) is 0 Å². The minimum absolute atomic E-state index is 0.0116. The van der Waals surface area contributed by atoms with Crippen molar-refractivity contribution in [2.45, 2.75) is 6.10 Å². The molecule has 10 heteroatoms. The average Bonchev–Trinajstić information content (AvgIpc) is 3.26.